The molecule has 0 aliphatic heterocycles. The molecule has 232 valence electrons. The van der Waals surface area contributed by atoms with Crippen LogP contribution in [-0.2, 0) is 36.8 Å². The molecule has 0 heterocycles. The van der Waals surface area contributed by atoms with Crippen LogP contribution in [0.3, 0.4) is 0 Å². The van der Waals surface area contributed by atoms with Crippen LogP contribution in [0.15, 0.2) is 42.5 Å². The number of nitrogen functional groups attached to an aromatic ring is 2. The van der Waals surface area contributed by atoms with Crippen molar-refractivity contribution in [3.05, 3.63) is 64.7 Å². The van der Waals surface area contributed by atoms with Crippen LogP contribution in [0, 0.1) is 10.8 Å². The molecule has 0 saturated carbocycles. The van der Waals surface area contributed by atoms with Gasteiger partial charge in [0, 0.05) is 24.9 Å². The van der Waals surface area contributed by atoms with Crippen LogP contribution in [0.5, 0.6) is 5.75 Å². The van der Waals surface area contributed by atoms with Crippen molar-refractivity contribution in [1.82, 2.24) is 16.0 Å². The molecule has 0 fully saturated rings. The lowest BCUT2D eigenvalue weighted by atomic mass is 9.84. The number of phenols is 1. The van der Waals surface area contributed by atoms with Crippen molar-refractivity contribution in [3.63, 3.8) is 0 Å². The van der Waals surface area contributed by atoms with E-state index in [-0.39, 0.29) is 48.8 Å². The molecule has 0 radical (unpaired) electrons. The number of amidine groups is 2. The zero-order valence-electron chi connectivity index (χ0n) is 24.6. The predicted octanol–water partition coefficient (Wildman–Crippen LogP) is 1.15. The zero-order chi connectivity index (χ0) is 32.4. The fourth-order valence-electron chi connectivity index (χ4n) is 4.11. The van der Waals surface area contributed by atoms with Gasteiger partial charge in [-0.3, -0.25) is 25.2 Å². The standard InChI is InChI=1S/C29H39N7O7/c1-28(2,3)43-23(39)10-11-29(36-27(41)42-4,14-17-6-5-7-19(12-17)24(30)31)26(40)35-16-22(38)34-15-18-8-9-20(25(32)33)21(37)13-18/h5-9,12-13,37H,10-11,14-16H2,1-4H3,(H3,30,31)(H3,32,33)(H,34,38)(H,35,40)(H,36,41). The lowest BCUT2D eigenvalue weighted by Gasteiger charge is -2.33. The number of rotatable bonds is 13. The van der Waals surface area contributed by atoms with E-state index in [0.29, 0.717) is 16.7 Å². The largest absolute Gasteiger partial charge is 0.507 e. The van der Waals surface area contributed by atoms with Gasteiger partial charge in [-0.15, -0.1) is 0 Å². The number of carbonyl (C=O) groups excluding carboxylic acids is 4. The molecule has 3 amide bonds. The van der Waals surface area contributed by atoms with E-state index in [1.54, 1.807) is 51.1 Å². The van der Waals surface area contributed by atoms with Crippen LogP contribution in [0.25, 0.3) is 0 Å². The highest BCUT2D eigenvalue weighted by atomic mass is 16.6. The zero-order valence-corrected chi connectivity index (χ0v) is 24.6. The number of ether oxygens (including phenoxy) is 2. The predicted molar refractivity (Wildman–Crippen MR) is 158 cm³/mol. The van der Waals surface area contributed by atoms with Gasteiger partial charge in [0.1, 0.15) is 28.6 Å². The average Bonchev–Trinajstić information content (AvgIpc) is 2.92. The van der Waals surface area contributed by atoms with E-state index in [9.17, 15) is 24.3 Å². The Balaban J connectivity index is 2.28. The number of nitrogens with one attached hydrogen (secondary N) is 5. The highest BCUT2D eigenvalue weighted by Gasteiger charge is 2.41. The third-order valence-corrected chi connectivity index (χ3v) is 6.13. The molecule has 0 aromatic heterocycles. The molecule has 14 heteroatoms. The second kappa shape index (κ2) is 14.7. The number of hydrogen-bond donors (Lipinski definition) is 8. The molecule has 43 heavy (non-hydrogen) atoms. The van der Waals surface area contributed by atoms with Crippen LogP contribution in [-0.4, -0.2) is 65.4 Å². The summed E-state index contributed by atoms with van der Waals surface area (Å²) in [6.45, 7) is 4.61. The molecular formula is C29H39N7O7. The summed E-state index contributed by atoms with van der Waals surface area (Å²) in [5.41, 5.74) is 10.0. The molecule has 14 nitrogen and oxygen atoms in total. The number of carbonyl (C=O) groups is 4. The Bertz CT molecular complexity index is 1390. The van der Waals surface area contributed by atoms with Crippen LogP contribution >= 0.6 is 0 Å². The Labute approximate surface area is 249 Å². The summed E-state index contributed by atoms with van der Waals surface area (Å²) in [5.74, 6) is -2.68. The summed E-state index contributed by atoms with van der Waals surface area (Å²) in [6, 6.07) is 10.9. The van der Waals surface area contributed by atoms with Gasteiger partial charge in [0.2, 0.25) is 11.8 Å². The molecule has 0 aliphatic carbocycles. The summed E-state index contributed by atoms with van der Waals surface area (Å²) in [7, 11) is 1.12. The van der Waals surface area contributed by atoms with Gasteiger partial charge in [-0.25, -0.2) is 4.79 Å². The fraction of sp³-hybridized carbons (Fsp3) is 0.379. The summed E-state index contributed by atoms with van der Waals surface area (Å²) in [6.07, 6.45) is -1.55. The van der Waals surface area contributed by atoms with Gasteiger partial charge >= 0.3 is 12.1 Å². The molecule has 0 aliphatic rings. The minimum atomic E-state index is -1.77. The van der Waals surface area contributed by atoms with E-state index in [1.165, 1.54) is 12.1 Å². The third kappa shape index (κ3) is 10.6. The van der Waals surface area contributed by atoms with Crippen molar-refractivity contribution >= 4 is 35.5 Å². The van der Waals surface area contributed by atoms with E-state index in [4.69, 9.17) is 31.8 Å². The first-order valence-corrected chi connectivity index (χ1v) is 13.3. The molecule has 2 aromatic carbocycles. The molecular weight excluding hydrogens is 558 g/mol. The third-order valence-electron chi connectivity index (χ3n) is 6.13. The van der Waals surface area contributed by atoms with Crippen LogP contribution < -0.4 is 27.4 Å². The first-order valence-electron chi connectivity index (χ1n) is 13.3. The first-order chi connectivity index (χ1) is 20.0. The molecule has 0 bridgehead atoms. The van der Waals surface area contributed by atoms with E-state index in [1.807, 2.05) is 0 Å². The number of methoxy groups -OCH3 is 1. The van der Waals surface area contributed by atoms with Gasteiger partial charge in [-0.1, -0.05) is 24.3 Å². The van der Waals surface area contributed by atoms with Gasteiger partial charge in [0.25, 0.3) is 0 Å². The quantitative estimate of drug-likeness (QED) is 0.0936. The van der Waals surface area contributed by atoms with Crippen molar-refractivity contribution in [2.24, 2.45) is 11.5 Å². The summed E-state index contributed by atoms with van der Waals surface area (Å²) >= 11 is 0. The Morgan fingerprint density at radius 2 is 1.65 bits per heavy atom. The van der Waals surface area contributed by atoms with Crippen molar-refractivity contribution in [1.29, 1.82) is 10.8 Å². The number of amides is 3. The van der Waals surface area contributed by atoms with Crippen molar-refractivity contribution in [2.45, 2.75) is 57.7 Å². The number of aromatic hydroxyl groups is 1. The van der Waals surface area contributed by atoms with Crippen molar-refractivity contribution in [3.8, 4) is 5.75 Å². The number of nitrogens with two attached hydrogens (primary N) is 2. The van der Waals surface area contributed by atoms with Gasteiger partial charge in [-0.2, -0.15) is 0 Å². The summed E-state index contributed by atoms with van der Waals surface area (Å²) in [4.78, 5) is 51.4. The fourth-order valence-corrected chi connectivity index (χ4v) is 4.11. The van der Waals surface area contributed by atoms with E-state index in [2.05, 4.69) is 16.0 Å². The first kappa shape index (κ1) is 34.1. The Morgan fingerprint density at radius 1 is 0.953 bits per heavy atom. The maximum Gasteiger partial charge on any atom is 0.407 e. The van der Waals surface area contributed by atoms with Crippen LogP contribution in [0.4, 0.5) is 4.79 Å². The number of hydrogen-bond acceptors (Lipinski definition) is 9. The highest BCUT2D eigenvalue weighted by Crippen LogP contribution is 2.23. The summed E-state index contributed by atoms with van der Waals surface area (Å²) in [5, 5.41) is 32.9. The van der Waals surface area contributed by atoms with E-state index >= 15 is 0 Å². The van der Waals surface area contributed by atoms with E-state index in [0.717, 1.165) is 7.11 Å². The molecule has 1 atom stereocenters. The molecule has 10 N–H and O–H groups in total. The molecule has 1 unspecified atom stereocenters. The van der Waals surface area contributed by atoms with Crippen LogP contribution in [0.2, 0.25) is 0 Å². The maximum absolute atomic E-state index is 13.7. The molecule has 0 saturated heterocycles. The lowest BCUT2D eigenvalue weighted by molar-refractivity contribution is -0.155. The monoisotopic (exact) mass is 597 g/mol. The van der Waals surface area contributed by atoms with E-state index < -0.39 is 41.6 Å². The summed E-state index contributed by atoms with van der Waals surface area (Å²) < 4.78 is 10.2. The van der Waals surface area contributed by atoms with Gasteiger partial charge in [-0.05, 0) is 56.5 Å². The van der Waals surface area contributed by atoms with Gasteiger partial charge in [0.15, 0.2) is 0 Å². The van der Waals surface area contributed by atoms with Gasteiger partial charge in [0.05, 0.1) is 19.2 Å². The second-order valence-corrected chi connectivity index (χ2v) is 10.8. The van der Waals surface area contributed by atoms with Gasteiger partial charge < -0.3 is 42.0 Å². The maximum atomic E-state index is 13.7. The normalized spacial score (nSPS) is 12.3. The highest BCUT2D eigenvalue weighted by molar-refractivity contribution is 5.98. The number of esters is 1. The Morgan fingerprint density at radius 3 is 2.23 bits per heavy atom. The van der Waals surface area contributed by atoms with Crippen molar-refractivity contribution in [2.75, 3.05) is 13.7 Å². The topological polar surface area (TPSA) is 243 Å². The average molecular weight is 598 g/mol. The Hall–Kier alpha value is -5.14. The smallest absolute Gasteiger partial charge is 0.407 e. The SMILES string of the molecule is COC(=O)NC(CCC(=O)OC(C)(C)C)(Cc1cccc(C(=N)N)c1)C(=O)NCC(=O)NCc1ccc(C(=N)N)c(O)c1. The van der Waals surface area contributed by atoms with Crippen LogP contribution in [0.1, 0.15) is 55.9 Å². The van der Waals surface area contributed by atoms with Crippen molar-refractivity contribution < 1.29 is 33.8 Å². The Kier molecular flexibility index (Phi) is 11.6. The lowest BCUT2D eigenvalue weighted by Crippen LogP contribution is -2.61. The molecule has 2 aromatic rings. The minimum absolute atomic E-state index is 0.00246. The number of phenolic OH excluding ortho intramolecular Hbond substituents is 1. The number of alkyl carbamates (subject to hydrolysis) is 1. The minimum Gasteiger partial charge on any atom is -0.507 e. The molecule has 2 rings (SSSR count). The second-order valence-electron chi connectivity index (χ2n) is 10.8. The number of benzene rings is 2. The molecule has 0 spiro atoms.